The van der Waals surface area contributed by atoms with Gasteiger partial charge < -0.3 is 24.6 Å². The molecule has 1 unspecified atom stereocenters. The topological polar surface area (TPSA) is 62.2 Å². The van der Waals surface area contributed by atoms with Crippen molar-refractivity contribution in [3.05, 3.63) is 16.1 Å². The fourth-order valence-corrected chi connectivity index (χ4v) is 3.00. The lowest BCUT2D eigenvalue weighted by molar-refractivity contribution is 0.119. The maximum atomic E-state index is 5.33. The Balaban J connectivity index is 2.58. The highest BCUT2D eigenvalue weighted by Gasteiger charge is 2.12. The lowest BCUT2D eigenvalue weighted by Gasteiger charge is -2.22. The number of aromatic nitrogens is 1. The van der Waals surface area contributed by atoms with E-state index >= 15 is 0 Å². The van der Waals surface area contributed by atoms with E-state index < -0.39 is 0 Å². The molecule has 0 spiro atoms. The summed E-state index contributed by atoms with van der Waals surface area (Å²) in [6.07, 6.45) is 0.0357. The molecule has 0 fully saturated rings. The zero-order valence-electron chi connectivity index (χ0n) is 16.4. The van der Waals surface area contributed by atoms with Crippen molar-refractivity contribution < 1.29 is 9.47 Å². The van der Waals surface area contributed by atoms with Gasteiger partial charge in [0.25, 0.3) is 0 Å². The predicted molar refractivity (Wildman–Crippen MR) is 104 cm³/mol. The number of thiazole rings is 1. The van der Waals surface area contributed by atoms with Crippen molar-refractivity contribution in [2.45, 2.75) is 26.5 Å². The molecule has 0 aromatic carbocycles. The van der Waals surface area contributed by atoms with E-state index in [4.69, 9.17) is 14.5 Å². The average molecular weight is 372 g/mol. The second-order valence-electron chi connectivity index (χ2n) is 5.94. The van der Waals surface area contributed by atoms with Crippen LogP contribution in [0.2, 0.25) is 0 Å². The first-order valence-corrected chi connectivity index (χ1v) is 9.53. The Labute approximate surface area is 156 Å². The van der Waals surface area contributed by atoms with E-state index in [1.807, 2.05) is 14.0 Å². The largest absolute Gasteiger partial charge is 0.383 e. The summed E-state index contributed by atoms with van der Waals surface area (Å²) in [6.45, 7) is 8.95. The second-order valence-corrected chi connectivity index (χ2v) is 6.83. The van der Waals surface area contributed by atoms with Gasteiger partial charge in [0.2, 0.25) is 0 Å². The van der Waals surface area contributed by atoms with Crippen molar-refractivity contribution in [2.75, 3.05) is 61.1 Å². The van der Waals surface area contributed by atoms with E-state index in [9.17, 15) is 0 Å². The van der Waals surface area contributed by atoms with Gasteiger partial charge in [0.1, 0.15) is 11.1 Å². The Morgan fingerprint density at radius 2 is 2.12 bits per heavy atom. The van der Waals surface area contributed by atoms with Gasteiger partial charge in [-0.15, -0.1) is 11.3 Å². The first-order valence-electron chi connectivity index (χ1n) is 8.65. The SMILES string of the molecule is CCNC(=NCCN(C)CCOC)N(C)Cc1csc(C(C)OC)n1. The summed E-state index contributed by atoms with van der Waals surface area (Å²) in [7, 11) is 7.55. The van der Waals surface area contributed by atoms with Gasteiger partial charge in [-0.05, 0) is 20.9 Å². The predicted octanol–water partition coefficient (Wildman–Crippen LogP) is 1.83. The first kappa shape index (κ1) is 21.8. The van der Waals surface area contributed by atoms with Crippen LogP contribution in [-0.4, -0.2) is 81.8 Å². The van der Waals surface area contributed by atoms with Crippen molar-refractivity contribution in [2.24, 2.45) is 4.99 Å². The van der Waals surface area contributed by atoms with Crippen LogP contribution in [0.15, 0.2) is 10.4 Å². The molecule has 1 heterocycles. The van der Waals surface area contributed by atoms with Crippen LogP contribution in [0, 0.1) is 0 Å². The number of methoxy groups -OCH3 is 2. The Hall–Kier alpha value is -1.22. The molecular weight excluding hydrogens is 338 g/mol. The highest BCUT2D eigenvalue weighted by molar-refractivity contribution is 7.09. The van der Waals surface area contributed by atoms with Crippen molar-refractivity contribution in [1.29, 1.82) is 0 Å². The number of nitrogens with zero attached hydrogens (tertiary/aromatic N) is 4. The number of nitrogens with one attached hydrogen (secondary N) is 1. The molecule has 144 valence electrons. The number of rotatable bonds is 11. The molecule has 0 aliphatic carbocycles. The van der Waals surface area contributed by atoms with Crippen LogP contribution in [0.25, 0.3) is 0 Å². The zero-order chi connectivity index (χ0) is 18.7. The Kier molecular flexibility index (Phi) is 10.6. The van der Waals surface area contributed by atoms with Crippen molar-refractivity contribution in [1.82, 2.24) is 20.1 Å². The smallest absolute Gasteiger partial charge is 0.194 e. The quantitative estimate of drug-likeness (QED) is 0.473. The molecule has 0 amide bonds. The number of aliphatic imine (C=N–C) groups is 1. The second kappa shape index (κ2) is 12.2. The van der Waals surface area contributed by atoms with Gasteiger partial charge in [0, 0.05) is 46.3 Å². The summed E-state index contributed by atoms with van der Waals surface area (Å²) >= 11 is 1.64. The molecule has 0 radical (unpaired) electrons. The normalized spacial score (nSPS) is 13.3. The summed E-state index contributed by atoms with van der Waals surface area (Å²) in [5.41, 5.74) is 1.04. The van der Waals surface area contributed by atoms with Crippen LogP contribution in [0.3, 0.4) is 0 Å². The number of hydrogen-bond acceptors (Lipinski definition) is 6. The Bertz CT molecular complexity index is 509. The monoisotopic (exact) mass is 371 g/mol. The van der Waals surface area contributed by atoms with Gasteiger partial charge in [0.15, 0.2) is 5.96 Å². The van der Waals surface area contributed by atoms with E-state index in [-0.39, 0.29) is 6.10 Å². The van der Waals surface area contributed by atoms with Gasteiger partial charge in [-0.1, -0.05) is 0 Å². The molecule has 25 heavy (non-hydrogen) atoms. The average Bonchev–Trinajstić information content (AvgIpc) is 3.06. The highest BCUT2D eigenvalue weighted by Crippen LogP contribution is 2.20. The van der Waals surface area contributed by atoms with Crippen molar-refractivity contribution in [3.8, 4) is 0 Å². The van der Waals surface area contributed by atoms with Gasteiger partial charge in [-0.2, -0.15) is 0 Å². The van der Waals surface area contributed by atoms with E-state index in [0.717, 1.165) is 56.0 Å². The minimum atomic E-state index is 0.0357. The van der Waals surface area contributed by atoms with E-state index in [1.54, 1.807) is 25.6 Å². The minimum Gasteiger partial charge on any atom is -0.383 e. The molecule has 0 aliphatic heterocycles. The molecular formula is C17H33N5O2S. The third kappa shape index (κ3) is 8.13. The standard InChI is InChI=1S/C17H33N5O2S/c1-7-18-17(19-8-9-21(3)10-11-23-5)22(4)12-15-13-25-16(20-15)14(2)24-6/h13-14H,7-12H2,1-6H3,(H,18,19). The Morgan fingerprint density at radius 3 is 2.76 bits per heavy atom. The third-order valence-corrected chi connectivity index (χ3v) is 4.84. The lowest BCUT2D eigenvalue weighted by Crippen LogP contribution is -2.39. The lowest BCUT2D eigenvalue weighted by atomic mass is 10.4. The summed E-state index contributed by atoms with van der Waals surface area (Å²) in [5.74, 6) is 0.900. The molecule has 0 bridgehead atoms. The Morgan fingerprint density at radius 1 is 1.36 bits per heavy atom. The third-order valence-electron chi connectivity index (χ3n) is 3.79. The van der Waals surface area contributed by atoms with Gasteiger partial charge in [-0.25, -0.2) is 4.98 Å². The van der Waals surface area contributed by atoms with Crippen molar-refractivity contribution in [3.63, 3.8) is 0 Å². The number of hydrogen-bond donors (Lipinski definition) is 1. The van der Waals surface area contributed by atoms with E-state index in [2.05, 4.69) is 39.5 Å². The van der Waals surface area contributed by atoms with E-state index in [1.165, 1.54) is 0 Å². The maximum Gasteiger partial charge on any atom is 0.194 e. The van der Waals surface area contributed by atoms with Crippen LogP contribution < -0.4 is 5.32 Å². The van der Waals surface area contributed by atoms with Crippen LogP contribution in [0.4, 0.5) is 0 Å². The summed E-state index contributed by atoms with van der Waals surface area (Å²) in [6, 6.07) is 0. The minimum absolute atomic E-state index is 0.0357. The first-order chi connectivity index (χ1) is 12.0. The molecule has 7 nitrogen and oxygen atoms in total. The van der Waals surface area contributed by atoms with Crippen LogP contribution in [-0.2, 0) is 16.0 Å². The molecule has 1 atom stereocenters. The number of guanidine groups is 1. The van der Waals surface area contributed by atoms with Crippen LogP contribution in [0.5, 0.6) is 0 Å². The molecule has 0 aliphatic rings. The summed E-state index contributed by atoms with van der Waals surface area (Å²) < 4.78 is 10.4. The summed E-state index contributed by atoms with van der Waals surface area (Å²) in [5, 5.41) is 6.44. The van der Waals surface area contributed by atoms with Crippen LogP contribution >= 0.6 is 11.3 Å². The van der Waals surface area contributed by atoms with Gasteiger partial charge in [0.05, 0.1) is 25.4 Å². The molecule has 1 rings (SSSR count). The molecule has 1 aromatic heterocycles. The van der Waals surface area contributed by atoms with Crippen molar-refractivity contribution >= 4 is 17.3 Å². The zero-order valence-corrected chi connectivity index (χ0v) is 17.2. The molecule has 1 N–H and O–H groups in total. The van der Waals surface area contributed by atoms with Gasteiger partial charge >= 0.3 is 0 Å². The molecule has 8 heteroatoms. The number of ether oxygens (including phenoxy) is 2. The fraction of sp³-hybridized carbons (Fsp3) is 0.765. The number of likely N-dealkylation sites (N-methyl/N-ethyl adjacent to an activating group) is 1. The fourth-order valence-electron chi connectivity index (χ4n) is 2.16. The summed E-state index contributed by atoms with van der Waals surface area (Å²) in [4.78, 5) is 13.7. The van der Waals surface area contributed by atoms with Crippen LogP contribution in [0.1, 0.15) is 30.7 Å². The molecule has 0 saturated carbocycles. The van der Waals surface area contributed by atoms with E-state index in [0.29, 0.717) is 0 Å². The highest BCUT2D eigenvalue weighted by atomic mass is 32.1. The molecule has 0 saturated heterocycles. The van der Waals surface area contributed by atoms with Gasteiger partial charge in [-0.3, -0.25) is 4.99 Å². The molecule has 1 aromatic rings. The maximum absolute atomic E-state index is 5.33.